The lowest BCUT2D eigenvalue weighted by Crippen LogP contribution is -2.24. The van der Waals surface area contributed by atoms with Crippen LogP contribution in [0.1, 0.15) is 15.9 Å². The van der Waals surface area contributed by atoms with Gasteiger partial charge >= 0.3 is 0 Å². The molecule has 140 valence electrons. The van der Waals surface area contributed by atoms with Gasteiger partial charge in [0.2, 0.25) is 0 Å². The molecule has 0 aliphatic carbocycles. The number of amides is 1. The molecule has 0 unspecified atom stereocenters. The SMILES string of the molecule is CN(C)CCOc1ccccc1C(=O)NCc1ccc(-n2ccnc2)nc1. The summed E-state index contributed by atoms with van der Waals surface area (Å²) in [5.74, 6) is 1.20. The molecule has 0 saturated heterocycles. The molecule has 2 aromatic heterocycles. The Morgan fingerprint density at radius 2 is 2.07 bits per heavy atom. The minimum Gasteiger partial charge on any atom is -0.491 e. The van der Waals surface area contributed by atoms with E-state index in [-0.39, 0.29) is 5.91 Å². The zero-order valence-corrected chi connectivity index (χ0v) is 15.5. The van der Waals surface area contributed by atoms with Crippen molar-refractivity contribution in [3.8, 4) is 11.6 Å². The van der Waals surface area contributed by atoms with Crippen LogP contribution >= 0.6 is 0 Å². The average Bonchev–Trinajstić information content (AvgIpc) is 3.21. The third-order valence-corrected chi connectivity index (χ3v) is 3.96. The van der Waals surface area contributed by atoms with E-state index in [0.717, 1.165) is 17.9 Å². The summed E-state index contributed by atoms with van der Waals surface area (Å²) in [7, 11) is 3.96. The molecule has 27 heavy (non-hydrogen) atoms. The van der Waals surface area contributed by atoms with E-state index in [2.05, 4.69) is 15.3 Å². The summed E-state index contributed by atoms with van der Waals surface area (Å²) in [6.07, 6.45) is 6.97. The lowest BCUT2D eigenvalue weighted by molar-refractivity contribution is 0.0946. The smallest absolute Gasteiger partial charge is 0.255 e. The first kappa shape index (κ1) is 18.6. The predicted octanol–water partition coefficient (Wildman–Crippen LogP) is 2.14. The maximum atomic E-state index is 12.6. The lowest BCUT2D eigenvalue weighted by atomic mass is 10.2. The number of rotatable bonds is 8. The van der Waals surface area contributed by atoms with E-state index in [0.29, 0.717) is 24.5 Å². The topological polar surface area (TPSA) is 72.3 Å². The number of carbonyl (C=O) groups is 1. The number of benzene rings is 1. The number of pyridine rings is 1. The highest BCUT2D eigenvalue weighted by Gasteiger charge is 2.12. The third kappa shape index (κ3) is 5.15. The second-order valence-electron chi connectivity index (χ2n) is 6.33. The van der Waals surface area contributed by atoms with Gasteiger partial charge in [0.25, 0.3) is 5.91 Å². The zero-order chi connectivity index (χ0) is 19.1. The molecule has 7 nitrogen and oxygen atoms in total. The Hall–Kier alpha value is -3.19. The highest BCUT2D eigenvalue weighted by Crippen LogP contribution is 2.18. The molecule has 1 aromatic carbocycles. The van der Waals surface area contributed by atoms with Gasteiger partial charge in [-0.05, 0) is 37.9 Å². The lowest BCUT2D eigenvalue weighted by Gasteiger charge is -2.14. The standard InChI is InChI=1S/C20H23N5O2/c1-24(2)11-12-27-18-6-4-3-5-17(18)20(26)23-14-16-7-8-19(22-13-16)25-10-9-21-15-25/h3-10,13,15H,11-12,14H2,1-2H3,(H,23,26). The molecule has 0 bridgehead atoms. The number of aromatic nitrogens is 3. The minimum absolute atomic E-state index is 0.172. The van der Waals surface area contributed by atoms with Crippen molar-refractivity contribution < 1.29 is 9.53 Å². The summed E-state index contributed by atoms with van der Waals surface area (Å²) in [6, 6.07) is 11.1. The zero-order valence-electron chi connectivity index (χ0n) is 15.5. The van der Waals surface area contributed by atoms with E-state index in [4.69, 9.17) is 4.74 Å². The van der Waals surface area contributed by atoms with Crippen LogP contribution in [0.3, 0.4) is 0 Å². The quantitative estimate of drug-likeness (QED) is 0.662. The van der Waals surface area contributed by atoms with E-state index in [1.54, 1.807) is 24.8 Å². The van der Waals surface area contributed by atoms with Crippen molar-refractivity contribution in [2.75, 3.05) is 27.2 Å². The molecule has 7 heteroatoms. The first-order valence-electron chi connectivity index (χ1n) is 8.71. The number of nitrogens with one attached hydrogen (secondary N) is 1. The van der Waals surface area contributed by atoms with Crippen LogP contribution in [0.4, 0.5) is 0 Å². The molecular weight excluding hydrogens is 342 g/mol. The predicted molar refractivity (Wildman–Crippen MR) is 103 cm³/mol. The summed E-state index contributed by atoms with van der Waals surface area (Å²) in [6.45, 7) is 1.70. The molecule has 0 atom stereocenters. The molecule has 3 aromatic rings. The van der Waals surface area contributed by atoms with Crippen molar-refractivity contribution in [2.45, 2.75) is 6.54 Å². The van der Waals surface area contributed by atoms with Gasteiger partial charge in [-0.2, -0.15) is 0 Å². The fourth-order valence-electron chi connectivity index (χ4n) is 2.46. The van der Waals surface area contributed by atoms with Crippen molar-refractivity contribution in [2.24, 2.45) is 0 Å². The molecule has 1 N–H and O–H groups in total. The number of hydrogen-bond acceptors (Lipinski definition) is 5. The Bertz CT molecular complexity index is 860. The summed E-state index contributed by atoms with van der Waals surface area (Å²) in [5.41, 5.74) is 1.44. The van der Waals surface area contributed by atoms with Gasteiger partial charge in [-0.3, -0.25) is 9.36 Å². The molecule has 0 saturated carbocycles. The van der Waals surface area contributed by atoms with Crippen LogP contribution in [-0.4, -0.2) is 52.6 Å². The van der Waals surface area contributed by atoms with Crippen LogP contribution in [0.2, 0.25) is 0 Å². The van der Waals surface area contributed by atoms with Crippen molar-refractivity contribution in [1.29, 1.82) is 0 Å². The van der Waals surface area contributed by atoms with E-state index >= 15 is 0 Å². The van der Waals surface area contributed by atoms with Gasteiger partial charge < -0.3 is 15.0 Å². The van der Waals surface area contributed by atoms with E-state index in [9.17, 15) is 4.79 Å². The number of ether oxygens (including phenoxy) is 1. The van der Waals surface area contributed by atoms with Crippen LogP contribution < -0.4 is 10.1 Å². The first-order chi connectivity index (χ1) is 13.1. The van der Waals surface area contributed by atoms with E-state index in [1.165, 1.54) is 0 Å². The van der Waals surface area contributed by atoms with Crippen LogP contribution in [0.15, 0.2) is 61.3 Å². The van der Waals surface area contributed by atoms with Gasteiger partial charge in [0, 0.05) is 31.7 Å². The third-order valence-electron chi connectivity index (χ3n) is 3.96. The molecule has 0 aliphatic heterocycles. The maximum absolute atomic E-state index is 12.6. The molecule has 3 rings (SSSR count). The van der Waals surface area contributed by atoms with Crippen LogP contribution in [-0.2, 0) is 6.54 Å². The highest BCUT2D eigenvalue weighted by molar-refractivity contribution is 5.96. The molecule has 2 heterocycles. The fourth-order valence-corrected chi connectivity index (χ4v) is 2.46. The Kier molecular flexibility index (Phi) is 6.17. The highest BCUT2D eigenvalue weighted by atomic mass is 16.5. The van der Waals surface area contributed by atoms with E-state index in [1.807, 2.05) is 60.1 Å². The maximum Gasteiger partial charge on any atom is 0.255 e. The Morgan fingerprint density at radius 3 is 2.78 bits per heavy atom. The Morgan fingerprint density at radius 1 is 1.22 bits per heavy atom. The van der Waals surface area contributed by atoms with Crippen LogP contribution in [0.25, 0.3) is 5.82 Å². The van der Waals surface area contributed by atoms with Crippen LogP contribution in [0, 0.1) is 0 Å². The Labute approximate surface area is 158 Å². The van der Waals surface area contributed by atoms with Gasteiger partial charge in [-0.15, -0.1) is 0 Å². The number of carbonyl (C=O) groups excluding carboxylic acids is 1. The number of nitrogens with zero attached hydrogens (tertiary/aromatic N) is 4. The van der Waals surface area contributed by atoms with Gasteiger partial charge in [-0.1, -0.05) is 18.2 Å². The molecule has 0 spiro atoms. The van der Waals surface area contributed by atoms with E-state index < -0.39 is 0 Å². The average molecular weight is 365 g/mol. The van der Waals surface area contributed by atoms with Crippen molar-refractivity contribution >= 4 is 5.91 Å². The van der Waals surface area contributed by atoms with Gasteiger partial charge in [0.1, 0.15) is 24.5 Å². The normalized spacial score (nSPS) is 10.8. The first-order valence-corrected chi connectivity index (χ1v) is 8.71. The molecular formula is C20H23N5O2. The molecule has 0 aliphatic rings. The largest absolute Gasteiger partial charge is 0.491 e. The minimum atomic E-state index is -0.172. The summed E-state index contributed by atoms with van der Waals surface area (Å²) >= 11 is 0. The Balaban J connectivity index is 1.59. The number of hydrogen-bond donors (Lipinski definition) is 1. The second kappa shape index (κ2) is 8.95. The van der Waals surface area contributed by atoms with Gasteiger partial charge in [0.05, 0.1) is 5.56 Å². The summed E-state index contributed by atoms with van der Waals surface area (Å²) in [4.78, 5) is 23.0. The van der Waals surface area contributed by atoms with Crippen molar-refractivity contribution in [3.05, 3.63) is 72.4 Å². The van der Waals surface area contributed by atoms with Crippen molar-refractivity contribution in [3.63, 3.8) is 0 Å². The van der Waals surface area contributed by atoms with Gasteiger partial charge in [0.15, 0.2) is 0 Å². The second-order valence-corrected chi connectivity index (χ2v) is 6.33. The number of para-hydroxylation sites is 1. The summed E-state index contributed by atoms with van der Waals surface area (Å²) < 4.78 is 7.58. The van der Waals surface area contributed by atoms with Crippen molar-refractivity contribution in [1.82, 2.24) is 24.8 Å². The number of imidazole rings is 1. The van der Waals surface area contributed by atoms with Crippen LogP contribution in [0.5, 0.6) is 5.75 Å². The molecule has 1 amide bonds. The fraction of sp³-hybridized carbons (Fsp3) is 0.250. The molecule has 0 radical (unpaired) electrons. The summed E-state index contributed by atoms with van der Waals surface area (Å²) in [5, 5.41) is 2.92. The van der Waals surface area contributed by atoms with Gasteiger partial charge in [-0.25, -0.2) is 9.97 Å². The molecule has 0 fully saturated rings. The monoisotopic (exact) mass is 365 g/mol. The number of likely N-dealkylation sites (N-methyl/N-ethyl adjacent to an activating group) is 1.